The number of hydrogen-bond donors (Lipinski definition) is 1. The standard InChI is InChI=1S/C26H37BN4O6/c1-24(2,3)35-23(33)17-10-8-9-15(22(17)34-7)11-20(30-21(32)14-29-31-28)27-36-19-13-16-12-18(25(16,4)5)26(19,6)37-27/h8-10,16,18-20H,11-14H2,1-7H3,(H,30,32)/t16-,18-,19+,20?,26-/m0/s1. The number of esters is 1. The average molecular weight is 512 g/mol. The minimum atomic E-state index is -0.713. The van der Waals surface area contributed by atoms with Crippen molar-refractivity contribution in [1.82, 2.24) is 5.32 Å². The summed E-state index contributed by atoms with van der Waals surface area (Å²) in [6.07, 6.45) is 2.22. The number of amides is 1. The molecule has 1 N–H and O–H groups in total. The number of hydrogen-bond acceptors (Lipinski definition) is 7. The molecule has 1 unspecified atom stereocenters. The number of methoxy groups -OCH3 is 1. The first-order valence-electron chi connectivity index (χ1n) is 12.8. The van der Waals surface area contributed by atoms with Gasteiger partial charge in [-0.05, 0) is 81.4 Å². The third kappa shape index (κ3) is 5.17. The molecule has 1 heterocycles. The molecule has 37 heavy (non-hydrogen) atoms. The molecule has 4 aliphatic rings. The summed E-state index contributed by atoms with van der Waals surface area (Å²) in [5.74, 6) is -0.228. The topological polar surface area (TPSA) is 132 Å². The van der Waals surface area contributed by atoms with Crippen LogP contribution in [0.1, 0.15) is 70.3 Å². The highest BCUT2D eigenvalue weighted by Gasteiger charge is 2.68. The van der Waals surface area contributed by atoms with E-state index in [0.717, 1.165) is 12.8 Å². The molecule has 1 aliphatic heterocycles. The van der Waals surface area contributed by atoms with Crippen LogP contribution in [-0.4, -0.2) is 55.9 Å². The Hall–Kier alpha value is -2.75. The highest BCUT2D eigenvalue weighted by molar-refractivity contribution is 6.48. The third-order valence-electron chi connectivity index (χ3n) is 8.28. The number of nitrogens with one attached hydrogen (secondary N) is 1. The summed E-state index contributed by atoms with van der Waals surface area (Å²) in [5.41, 5.74) is 8.69. The quantitative estimate of drug-likeness (QED) is 0.182. The smallest absolute Gasteiger partial charge is 0.482 e. The summed E-state index contributed by atoms with van der Waals surface area (Å²) in [6, 6.07) is 5.24. The predicted octanol–water partition coefficient (Wildman–Crippen LogP) is 4.26. The lowest BCUT2D eigenvalue weighted by atomic mass is 9.43. The summed E-state index contributed by atoms with van der Waals surface area (Å²) in [6.45, 7) is 11.8. The van der Waals surface area contributed by atoms with Gasteiger partial charge in [0.05, 0.1) is 24.8 Å². The molecule has 4 fully saturated rings. The fourth-order valence-corrected chi connectivity index (χ4v) is 6.35. The van der Waals surface area contributed by atoms with E-state index in [4.69, 9.17) is 24.3 Å². The van der Waals surface area contributed by atoms with Crippen LogP contribution < -0.4 is 10.1 Å². The molecule has 200 valence electrons. The van der Waals surface area contributed by atoms with Gasteiger partial charge in [0, 0.05) is 4.91 Å². The molecular weight excluding hydrogens is 475 g/mol. The molecule has 3 aliphatic carbocycles. The van der Waals surface area contributed by atoms with Crippen LogP contribution in [0.5, 0.6) is 5.75 Å². The molecule has 1 aromatic carbocycles. The number of ether oxygens (including phenoxy) is 2. The average Bonchev–Trinajstić information content (AvgIpc) is 3.18. The second kappa shape index (κ2) is 9.85. The van der Waals surface area contributed by atoms with Gasteiger partial charge in [-0.15, -0.1) is 0 Å². The summed E-state index contributed by atoms with van der Waals surface area (Å²) in [4.78, 5) is 28.2. The van der Waals surface area contributed by atoms with E-state index in [2.05, 4.69) is 36.1 Å². The minimum Gasteiger partial charge on any atom is -0.496 e. The third-order valence-corrected chi connectivity index (χ3v) is 8.28. The molecular formula is C26H37BN4O6. The molecule has 10 nitrogen and oxygen atoms in total. The Morgan fingerprint density at radius 2 is 2.03 bits per heavy atom. The molecule has 5 rings (SSSR count). The zero-order valence-electron chi connectivity index (χ0n) is 22.7. The normalized spacial score (nSPS) is 28.3. The van der Waals surface area contributed by atoms with Crippen molar-refractivity contribution in [2.45, 2.75) is 84.1 Å². The van der Waals surface area contributed by atoms with Gasteiger partial charge in [0.25, 0.3) is 0 Å². The maximum absolute atomic E-state index is 12.9. The molecule has 3 saturated carbocycles. The Morgan fingerprint density at radius 3 is 2.65 bits per heavy atom. The Kier molecular flexibility index (Phi) is 7.27. The Balaban J connectivity index is 1.62. The maximum atomic E-state index is 12.9. The van der Waals surface area contributed by atoms with E-state index >= 15 is 0 Å². The van der Waals surface area contributed by atoms with E-state index in [9.17, 15) is 9.59 Å². The largest absolute Gasteiger partial charge is 0.496 e. The van der Waals surface area contributed by atoms with Gasteiger partial charge in [-0.1, -0.05) is 31.1 Å². The lowest BCUT2D eigenvalue weighted by molar-refractivity contribution is -0.199. The molecule has 0 aromatic heterocycles. The van der Waals surface area contributed by atoms with E-state index in [0.29, 0.717) is 28.7 Å². The van der Waals surface area contributed by atoms with E-state index in [1.807, 2.05) is 6.07 Å². The van der Waals surface area contributed by atoms with Crippen LogP contribution >= 0.6 is 0 Å². The van der Waals surface area contributed by atoms with Crippen molar-refractivity contribution in [1.29, 1.82) is 0 Å². The Labute approximate surface area is 218 Å². The summed E-state index contributed by atoms with van der Waals surface area (Å²) >= 11 is 0. The van der Waals surface area contributed by atoms with Gasteiger partial charge in [-0.2, -0.15) is 0 Å². The van der Waals surface area contributed by atoms with Crippen molar-refractivity contribution in [3.05, 3.63) is 39.8 Å². The lowest BCUT2D eigenvalue weighted by Gasteiger charge is -2.64. The zero-order valence-corrected chi connectivity index (χ0v) is 22.7. The predicted molar refractivity (Wildman–Crippen MR) is 138 cm³/mol. The van der Waals surface area contributed by atoms with Gasteiger partial charge in [0.15, 0.2) is 0 Å². The number of carbonyl (C=O) groups excluding carboxylic acids is 2. The number of benzene rings is 1. The van der Waals surface area contributed by atoms with Crippen LogP contribution in [0.25, 0.3) is 10.4 Å². The first kappa shape index (κ1) is 27.3. The highest BCUT2D eigenvalue weighted by Crippen LogP contribution is 2.65. The fourth-order valence-electron chi connectivity index (χ4n) is 6.35. The second-order valence-electron chi connectivity index (χ2n) is 12.1. The summed E-state index contributed by atoms with van der Waals surface area (Å²) < 4.78 is 24.3. The second-order valence-corrected chi connectivity index (χ2v) is 12.1. The van der Waals surface area contributed by atoms with Crippen molar-refractivity contribution in [3.63, 3.8) is 0 Å². The maximum Gasteiger partial charge on any atom is 0.482 e. The van der Waals surface area contributed by atoms with Crippen LogP contribution in [-0.2, 0) is 25.3 Å². The highest BCUT2D eigenvalue weighted by atomic mass is 16.7. The molecule has 1 amide bonds. The van der Waals surface area contributed by atoms with Crippen LogP contribution in [0.2, 0.25) is 0 Å². The van der Waals surface area contributed by atoms with Crippen molar-refractivity contribution < 1.29 is 28.4 Å². The first-order chi connectivity index (χ1) is 17.3. The van der Waals surface area contributed by atoms with Gasteiger partial charge < -0.3 is 24.1 Å². The molecule has 0 spiro atoms. The summed E-state index contributed by atoms with van der Waals surface area (Å²) in [5, 5.41) is 6.32. The fraction of sp³-hybridized carbons (Fsp3) is 0.692. The molecule has 1 aromatic rings. The van der Waals surface area contributed by atoms with Crippen molar-refractivity contribution in [2.75, 3.05) is 13.7 Å². The van der Waals surface area contributed by atoms with Crippen LogP contribution in [0.15, 0.2) is 23.3 Å². The van der Waals surface area contributed by atoms with E-state index in [1.165, 1.54) is 7.11 Å². The molecule has 2 bridgehead atoms. The number of rotatable bonds is 8. The first-order valence-corrected chi connectivity index (χ1v) is 12.8. The van der Waals surface area contributed by atoms with Gasteiger partial charge in [-0.3, -0.25) is 4.79 Å². The van der Waals surface area contributed by atoms with E-state index in [1.54, 1.807) is 32.9 Å². The molecule has 5 atom stereocenters. The van der Waals surface area contributed by atoms with Crippen LogP contribution in [0, 0.1) is 17.3 Å². The van der Waals surface area contributed by atoms with E-state index < -0.39 is 36.1 Å². The van der Waals surface area contributed by atoms with Crippen molar-refractivity contribution in [2.24, 2.45) is 22.4 Å². The number of nitrogens with zero attached hydrogens (tertiary/aromatic N) is 3. The number of carbonyl (C=O) groups is 2. The van der Waals surface area contributed by atoms with Gasteiger partial charge >= 0.3 is 13.1 Å². The summed E-state index contributed by atoms with van der Waals surface area (Å²) in [7, 11) is 0.783. The van der Waals surface area contributed by atoms with Crippen LogP contribution in [0.3, 0.4) is 0 Å². The number of azide groups is 1. The molecule has 0 radical (unpaired) electrons. The minimum absolute atomic E-state index is 0.0687. The Bertz CT molecular complexity index is 1110. The lowest BCUT2D eigenvalue weighted by Crippen LogP contribution is -2.65. The SMILES string of the molecule is COc1c(CC(NC(=O)CN=[N+]=[N-])B2O[C@@H]3C[C@@H]4C[C@@H](C4(C)C)[C@]3(C)O2)cccc1C(=O)OC(C)(C)C. The van der Waals surface area contributed by atoms with Gasteiger partial charge in [0.2, 0.25) is 5.91 Å². The molecule has 1 saturated heterocycles. The number of para-hydroxylation sites is 1. The van der Waals surface area contributed by atoms with Crippen LogP contribution in [0.4, 0.5) is 0 Å². The van der Waals surface area contributed by atoms with Crippen molar-refractivity contribution >= 4 is 19.0 Å². The van der Waals surface area contributed by atoms with Gasteiger partial charge in [-0.25, -0.2) is 4.79 Å². The van der Waals surface area contributed by atoms with E-state index in [-0.39, 0.29) is 24.5 Å². The zero-order chi connectivity index (χ0) is 27.2. The van der Waals surface area contributed by atoms with Gasteiger partial charge in [0.1, 0.15) is 23.5 Å². The molecule has 11 heteroatoms. The Morgan fingerprint density at radius 1 is 1.30 bits per heavy atom. The van der Waals surface area contributed by atoms with Crippen molar-refractivity contribution in [3.8, 4) is 5.75 Å². The monoisotopic (exact) mass is 512 g/mol.